The van der Waals surface area contributed by atoms with Crippen molar-refractivity contribution in [1.82, 2.24) is 0 Å². The first-order valence-electron chi connectivity index (χ1n) is 6.73. The molecule has 18 heavy (non-hydrogen) atoms. The second-order valence-corrected chi connectivity index (χ2v) is 5.76. The highest BCUT2D eigenvalue weighted by Gasteiger charge is 2.54. The Morgan fingerprint density at radius 1 is 1.28 bits per heavy atom. The van der Waals surface area contributed by atoms with Gasteiger partial charge in [-0.2, -0.15) is 0 Å². The molecule has 0 radical (unpaired) electrons. The predicted octanol–water partition coefficient (Wildman–Crippen LogP) is 1.02. The Hall–Kier alpha value is -0.200. The number of aliphatic hydroxyl groups is 2. The van der Waals surface area contributed by atoms with Gasteiger partial charge in [-0.3, -0.25) is 0 Å². The fourth-order valence-electron chi connectivity index (χ4n) is 2.89. The molecular formula is C13H24O5. The highest BCUT2D eigenvalue weighted by molar-refractivity contribution is 4.93. The van der Waals surface area contributed by atoms with Crippen molar-refractivity contribution in [2.24, 2.45) is 5.92 Å². The second-order valence-electron chi connectivity index (χ2n) is 5.76. The molecule has 0 saturated carbocycles. The van der Waals surface area contributed by atoms with Crippen LogP contribution < -0.4 is 0 Å². The molecule has 2 heterocycles. The standard InChI is InChI=1S/C13H24O5/c1-8(15)7-9-10(5-4-6-14)16-12-11(9)17-13(2,3)18-12/h8-12,14-15H,4-7H2,1-3H3/t8-,9-,10-,11-,12-/m1/s1. The Bertz CT molecular complexity index is 279. The lowest BCUT2D eigenvalue weighted by atomic mass is 9.90. The summed E-state index contributed by atoms with van der Waals surface area (Å²) in [5.41, 5.74) is 0. The van der Waals surface area contributed by atoms with Gasteiger partial charge in [0, 0.05) is 12.5 Å². The maximum absolute atomic E-state index is 9.60. The van der Waals surface area contributed by atoms with Crippen LogP contribution in [0.15, 0.2) is 0 Å². The van der Waals surface area contributed by atoms with E-state index in [9.17, 15) is 5.11 Å². The smallest absolute Gasteiger partial charge is 0.187 e. The molecule has 0 aromatic rings. The first kappa shape index (κ1) is 14.2. The van der Waals surface area contributed by atoms with E-state index in [1.807, 2.05) is 13.8 Å². The summed E-state index contributed by atoms with van der Waals surface area (Å²) < 4.78 is 17.4. The van der Waals surface area contributed by atoms with Crippen molar-refractivity contribution in [3.63, 3.8) is 0 Å². The van der Waals surface area contributed by atoms with Crippen LogP contribution in [0.25, 0.3) is 0 Å². The molecule has 5 atom stereocenters. The van der Waals surface area contributed by atoms with Gasteiger partial charge in [-0.25, -0.2) is 0 Å². The van der Waals surface area contributed by atoms with Crippen molar-refractivity contribution >= 4 is 0 Å². The number of aliphatic hydroxyl groups excluding tert-OH is 2. The zero-order valence-corrected chi connectivity index (χ0v) is 11.3. The van der Waals surface area contributed by atoms with Gasteiger partial charge < -0.3 is 24.4 Å². The number of hydrogen-bond acceptors (Lipinski definition) is 5. The Kier molecular flexibility index (Phi) is 4.29. The van der Waals surface area contributed by atoms with Crippen LogP contribution in [0.1, 0.15) is 40.0 Å². The average molecular weight is 260 g/mol. The highest BCUT2D eigenvalue weighted by atomic mass is 16.8. The molecular weight excluding hydrogens is 236 g/mol. The first-order valence-corrected chi connectivity index (χ1v) is 6.73. The minimum Gasteiger partial charge on any atom is -0.396 e. The molecule has 0 aliphatic carbocycles. The van der Waals surface area contributed by atoms with E-state index in [1.54, 1.807) is 6.92 Å². The molecule has 106 valence electrons. The van der Waals surface area contributed by atoms with Gasteiger partial charge in [0.05, 0.1) is 12.2 Å². The summed E-state index contributed by atoms with van der Waals surface area (Å²) in [6, 6.07) is 0. The highest BCUT2D eigenvalue weighted by Crippen LogP contribution is 2.43. The van der Waals surface area contributed by atoms with Crippen molar-refractivity contribution in [2.45, 2.75) is 70.4 Å². The molecule has 0 amide bonds. The van der Waals surface area contributed by atoms with Crippen LogP contribution in [-0.2, 0) is 14.2 Å². The summed E-state index contributed by atoms with van der Waals surface area (Å²) in [7, 11) is 0. The van der Waals surface area contributed by atoms with Crippen LogP contribution in [-0.4, -0.2) is 47.2 Å². The fraction of sp³-hybridized carbons (Fsp3) is 1.00. The van der Waals surface area contributed by atoms with Crippen molar-refractivity contribution < 1.29 is 24.4 Å². The van der Waals surface area contributed by atoms with Gasteiger partial charge in [0.15, 0.2) is 12.1 Å². The predicted molar refractivity (Wildman–Crippen MR) is 64.8 cm³/mol. The Labute approximate surface area is 108 Å². The van der Waals surface area contributed by atoms with Gasteiger partial charge in [-0.1, -0.05) is 0 Å². The molecule has 5 heteroatoms. The Balaban J connectivity index is 2.02. The monoisotopic (exact) mass is 260 g/mol. The van der Waals surface area contributed by atoms with Crippen molar-refractivity contribution in [3.8, 4) is 0 Å². The third-order valence-electron chi connectivity index (χ3n) is 3.56. The van der Waals surface area contributed by atoms with Gasteiger partial charge in [0.25, 0.3) is 0 Å². The lowest BCUT2D eigenvalue weighted by Crippen LogP contribution is -2.32. The molecule has 5 nitrogen and oxygen atoms in total. The van der Waals surface area contributed by atoms with Crippen LogP contribution >= 0.6 is 0 Å². The molecule has 0 unspecified atom stereocenters. The van der Waals surface area contributed by atoms with Gasteiger partial charge in [0.2, 0.25) is 0 Å². The number of rotatable bonds is 5. The van der Waals surface area contributed by atoms with Crippen LogP contribution in [0.4, 0.5) is 0 Å². The van der Waals surface area contributed by atoms with Crippen molar-refractivity contribution in [3.05, 3.63) is 0 Å². The van der Waals surface area contributed by atoms with E-state index < -0.39 is 5.79 Å². The largest absolute Gasteiger partial charge is 0.396 e. The molecule has 2 saturated heterocycles. The number of hydrogen-bond donors (Lipinski definition) is 2. The summed E-state index contributed by atoms with van der Waals surface area (Å²) in [6.45, 7) is 5.68. The normalized spacial score (nSPS) is 39.8. The molecule has 2 aliphatic rings. The quantitative estimate of drug-likeness (QED) is 0.772. The van der Waals surface area contributed by atoms with Crippen LogP contribution in [0.2, 0.25) is 0 Å². The fourth-order valence-corrected chi connectivity index (χ4v) is 2.89. The number of fused-ring (bicyclic) bond motifs is 1. The number of ether oxygens (including phenoxy) is 3. The van der Waals surface area contributed by atoms with Crippen molar-refractivity contribution in [1.29, 1.82) is 0 Å². The SMILES string of the molecule is C[C@@H](O)C[C@H]1[C@H]2OC(C)(C)O[C@H]2O[C@@H]1CCCO. The maximum Gasteiger partial charge on any atom is 0.187 e. The molecule has 0 spiro atoms. The third kappa shape index (κ3) is 3.03. The molecule has 0 bridgehead atoms. The summed E-state index contributed by atoms with van der Waals surface area (Å²) in [5, 5.41) is 18.5. The molecule has 0 aromatic carbocycles. The second kappa shape index (κ2) is 5.43. The first-order chi connectivity index (χ1) is 8.43. The van der Waals surface area contributed by atoms with E-state index in [0.29, 0.717) is 12.8 Å². The summed E-state index contributed by atoms with van der Waals surface area (Å²) in [5.74, 6) is -0.489. The minimum atomic E-state index is -0.617. The van der Waals surface area contributed by atoms with E-state index in [0.717, 1.165) is 6.42 Å². The summed E-state index contributed by atoms with van der Waals surface area (Å²) >= 11 is 0. The molecule has 2 aliphatic heterocycles. The molecule has 2 rings (SSSR count). The molecule has 2 fully saturated rings. The van der Waals surface area contributed by atoms with E-state index in [4.69, 9.17) is 19.3 Å². The lowest BCUT2D eigenvalue weighted by Gasteiger charge is -2.26. The van der Waals surface area contributed by atoms with Crippen LogP contribution in [0.3, 0.4) is 0 Å². The van der Waals surface area contributed by atoms with Gasteiger partial charge >= 0.3 is 0 Å². The lowest BCUT2D eigenvalue weighted by molar-refractivity contribution is -0.211. The van der Waals surface area contributed by atoms with E-state index in [2.05, 4.69) is 0 Å². The Morgan fingerprint density at radius 3 is 2.61 bits per heavy atom. The molecule has 0 aromatic heterocycles. The third-order valence-corrected chi connectivity index (χ3v) is 3.56. The zero-order chi connectivity index (χ0) is 13.3. The topological polar surface area (TPSA) is 68.2 Å². The van der Waals surface area contributed by atoms with Gasteiger partial charge in [0.1, 0.15) is 6.10 Å². The Morgan fingerprint density at radius 2 is 2.00 bits per heavy atom. The van der Waals surface area contributed by atoms with E-state index in [-0.39, 0.29) is 37.1 Å². The zero-order valence-electron chi connectivity index (χ0n) is 11.3. The van der Waals surface area contributed by atoms with Crippen LogP contribution in [0, 0.1) is 5.92 Å². The maximum atomic E-state index is 9.60. The van der Waals surface area contributed by atoms with Crippen molar-refractivity contribution in [2.75, 3.05) is 6.61 Å². The van der Waals surface area contributed by atoms with E-state index >= 15 is 0 Å². The van der Waals surface area contributed by atoms with Crippen LogP contribution in [0.5, 0.6) is 0 Å². The minimum absolute atomic E-state index is 0.00199. The molecule has 2 N–H and O–H groups in total. The van der Waals surface area contributed by atoms with Gasteiger partial charge in [-0.15, -0.1) is 0 Å². The summed E-state index contributed by atoms with van der Waals surface area (Å²) in [4.78, 5) is 0. The average Bonchev–Trinajstić information content (AvgIpc) is 2.69. The summed E-state index contributed by atoms with van der Waals surface area (Å²) in [6.07, 6.45) is 1.26. The van der Waals surface area contributed by atoms with E-state index in [1.165, 1.54) is 0 Å². The van der Waals surface area contributed by atoms with Gasteiger partial charge in [-0.05, 0) is 40.0 Å².